The van der Waals surface area contributed by atoms with Crippen LogP contribution in [0.5, 0.6) is 0 Å². The number of carboxylic acid groups (broad SMARTS) is 1. The predicted octanol–water partition coefficient (Wildman–Crippen LogP) is 4.03. The monoisotopic (exact) mass is 308 g/mol. The molecule has 21 heavy (non-hydrogen) atoms. The SMILES string of the molecule is CC1(C)CCCCC1Nc1nc2c(s1)CCCC2C(=O)O. The number of aryl methyl sites for hydroxylation is 1. The molecule has 1 saturated carbocycles. The summed E-state index contributed by atoms with van der Waals surface area (Å²) in [4.78, 5) is 17.2. The van der Waals surface area contributed by atoms with E-state index in [1.165, 1.54) is 30.6 Å². The molecule has 2 unspecified atom stereocenters. The van der Waals surface area contributed by atoms with Gasteiger partial charge in [-0.2, -0.15) is 0 Å². The van der Waals surface area contributed by atoms with Gasteiger partial charge in [0.05, 0.1) is 5.69 Å². The first-order valence-electron chi connectivity index (χ1n) is 7.96. The molecular formula is C16H24N2O2S. The molecule has 3 rings (SSSR count). The van der Waals surface area contributed by atoms with Crippen LogP contribution in [0.3, 0.4) is 0 Å². The predicted molar refractivity (Wildman–Crippen MR) is 85.1 cm³/mol. The second kappa shape index (κ2) is 5.59. The minimum atomic E-state index is -0.731. The van der Waals surface area contributed by atoms with Crippen LogP contribution in [0.1, 0.15) is 68.9 Å². The summed E-state index contributed by atoms with van der Waals surface area (Å²) in [5.41, 5.74) is 1.10. The smallest absolute Gasteiger partial charge is 0.312 e. The molecule has 2 N–H and O–H groups in total. The first-order valence-corrected chi connectivity index (χ1v) is 8.78. The van der Waals surface area contributed by atoms with Gasteiger partial charge in [-0.1, -0.05) is 26.7 Å². The summed E-state index contributed by atoms with van der Waals surface area (Å²) in [6.45, 7) is 4.63. The molecule has 0 bridgehead atoms. The molecule has 0 spiro atoms. The van der Waals surface area contributed by atoms with E-state index in [2.05, 4.69) is 24.1 Å². The Kier molecular flexibility index (Phi) is 3.95. The van der Waals surface area contributed by atoms with Gasteiger partial charge in [-0.25, -0.2) is 4.98 Å². The van der Waals surface area contributed by atoms with Gasteiger partial charge < -0.3 is 10.4 Å². The van der Waals surface area contributed by atoms with Gasteiger partial charge >= 0.3 is 5.97 Å². The zero-order valence-electron chi connectivity index (χ0n) is 12.8. The van der Waals surface area contributed by atoms with Gasteiger partial charge in [0.2, 0.25) is 0 Å². The third kappa shape index (κ3) is 2.93. The van der Waals surface area contributed by atoms with E-state index in [9.17, 15) is 9.90 Å². The van der Waals surface area contributed by atoms with Crippen LogP contribution in [0.2, 0.25) is 0 Å². The lowest BCUT2D eigenvalue weighted by Gasteiger charge is -2.39. The van der Waals surface area contributed by atoms with Crippen molar-refractivity contribution in [3.05, 3.63) is 10.6 Å². The van der Waals surface area contributed by atoms with Gasteiger partial charge in [0.15, 0.2) is 5.13 Å². The minimum absolute atomic E-state index is 0.288. The molecule has 1 aromatic rings. The third-order valence-electron chi connectivity index (χ3n) is 5.06. The van der Waals surface area contributed by atoms with Gasteiger partial charge in [-0.3, -0.25) is 4.79 Å². The third-order valence-corrected chi connectivity index (χ3v) is 6.12. The number of carboxylic acids is 1. The highest BCUT2D eigenvalue weighted by molar-refractivity contribution is 7.15. The number of aromatic nitrogens is 1. The average molecular weight is 308 g/mol. The number of hydrogen-bond acceptors (Lipinski definition) is 4. The molecular weight excluding hydrogens is 284 g/mol. The molecule has 2 atom stereocenters. The minimum Gasteiger partial charge on any atom is -0.481 e. The number of anilines is 1. The van der Waals surface area contributed by atoms with E-state index >= 15 is 0 Å². The quantitative estimate of drug-likeness (QED) is 0.885. The van der Waals surface area contributed by atoms with Crippen LogP contribution in [0.4, 0.5) is 5.13 Å². The van der Waals surface area contributed by atoms with Gasteiger partial charge in [0, 0.05) is 10.9 Å². The summed E-state index contributed by atoms with van der Waals surface area (Å²) in [6.07, 6.45) is 7.66. The molecule has 4 nitrogen and oxygen atoms in total. The maximum Gasteiger partial charge on any atom is 0.312 e. The van der Waals surface area contributed by atoms with Crippen LogP contribution < -0.4 is 5.32 Å². The van der Waals surface area contributed by atoms with Crippen molar-refractivity contribution < 1.29 is 9.90 Å². The van der Waals surface area contributed by atoms with Crippen LogP contribution in [0, 0.1) is 5.41 Å². The fraction of sp³-hybridized carbons (Fsp3) is 0.750. The second-order valence-corrected chi connectivity index (χ2v) is 8.13. The van der Waals surface area contributed by atoms with Crippen LogP contribution in [0.15, 0.2) is 0 Å². The number of fused-ring (bicyclic) bond motifs is 1. The Morgan fingerprint density at radius 2 is 2.14 bits per heavy atom. The molecule has 0 aromatic carbocycles. The number of aliphatic carboxylic acids is 1. The van der Waals surface area contributed by atoms with Crippen molar-refractivity contribution >= 4 is 22.4 Å². The Morgan fingerprint density at radius 1 is 1.33 bits per heavy atom. The number of hydrogen-bond donors (Lipinski definition) is 2. The largest absolute Gasteiger partial charge is 0.481 e. The van der Waals surface area contributed by atoms with Gasteiger partial charge in [-0.15, -0.1) is 11.3 Å². The molecule has 0 aliphatic heterocycles. The summed E-state index contributed by atoms with van der Waals surface area (Å²) in [7, 11) is 0. The normalized spacial score (nSPS) is 27.9. The van der Waals surface area contributed by atoms with E-state index in [0.717, 1.165) is 30.1 Å². The molecule has 1 aromatic heterocycles. The van der Waals surface area contributed by atoms with Gasteiger partial charge in [0.25, 0.3) is 0 Å². The van der Waals surface area contributed by atoms with Gasteiger partial charge in [0.1, 0.15) is 5.92 Å². The molecule has 1 fully saturated rings. The Bertz CT molecular complexity index is 538. The Morgan fingerprint density at radius 3 is 2.86 bits per heavy atom. The Balaban J connectivity index is 1.80. The number of carbonyl (C=O) groups is 1. The summed E-state index contributed by atoms with van der Waals surface area (Å²) in [5.74, 6) is -1.13. The van der Waals surface area contributed by atoms with Crippen molar-refractivity contribution in [1.29, 1.82) is 0 Å². The lowest BCUT2D eigenvalue weighted by molar-refractivity contribution is -0.139. The molecule has 0 amide bonds. The zero-order chi connectivity index (χ0) is 15.0. The summed E-state index contributed by atoms with van der Waals surface area (Å²) >= 11 is 1.67. The molecule has 0 saturated heterocycles. The van der Waals surface area contributed by atoms with Crippen molar-refractivity contribution in [2.45, 2.75) is 70.8 Å². The van der Waals surface area contributed by atoms with Crippen molar-refractivity contribution in [2.75, 3.05) is 5.32 Å². The summed E-state index contributed by atoms with van der Waals surface area (Å²) < 4.78 is 0. The maximum atomic E-state index is 11.4. The van der Waals surface area contributed by atoms with E-state index < -0.39 is 11.9 Å². The maximum absolute atomic E-state index is 11.4. The fourth-order valence-corrected chi connectivity index (χ4v) is 4.75. The second-order valence-electron chi connectivity index (χ2n) is 7.04. The highest BCUT2D eigenvalue weighted by atomic mass is 32.1. The Labute approximate surface area is 130 Å². The average Bonchev–Trinajstić information content (AvgIpc) is 2.83. The van der Waals surface area contributed by atoms with Crippen LogP contribution in [-0.4, -0.2) is 22.1 Å². The Hall–Kier alpha value is -1.10. The van der Waals surface area contributed by atoms with Crippen molar-refractivity contribution in [3.63, 3.8) is 0 Å². The van der Waals surface area contributed by atoms with Crippen LogP contribution >= 0.6 is 11.3 Å². The highest BCUT2D eigenvalue weighted by Crippen LogP contribution is 2.40. The molecule has 5 heteroatoms. The number of nitrogens with zero attached hydrogens (tertiary/aromatic N) is 1. The first-order chi connectivity index (χ1) is 9.97. The number of nitrogens with one attached hydrogen (secondary N) is 1. The van der Waals surface area contributed by atoms with Crippen molar-refractivity contribution in [1.82, 2.24) is 4.98 Å². The van der Waals surface area contributed by atoms with Gasteiger partial charge in [-0.05, 0) is 37.5 Å². The topological polar surface area (TPSA) is 62.2 Å². The molecule has 2 aliphatic carbocycles. The molecule has 1 heterocycles. The lowest BCUT2D eigenvalue weighted by Crippen LogP contribution is -2.38. The standard InChI is InChI=1S/C16H24N2O2S/c1-16(2)9-4-3-8-12(16)17-15-18-13-10(14(19)20)6-5-7-11(13)21-15/h10,12H,3-9H2,1-2H3,(H,17,18)(H,19,20). The van der Waals surface area contributed by atoms with Crippen LogP contribution in [0.25, 0.3) is 0 Å². The molecule has 2 aliphatic rings. The van der Waals surface area contributed by atoms with E-state index in [1.807, 2.05) is 0 Å². The first kappa shape index (κ1) is 14.8. The molecule has 0 radical (unpaired) electrons. The number of rotatable bonds is 3. The molecule has 116 valence electrons. The van der Waals surface area contributed by atoms with E-state index in [1.54, 1.807) is 11.3 Å². The lowest BCUT2D eigenvalue weighted by atomic mass is 9.73. The summed E-state index contributed by atoms with van der Waals surface area (Å²) in [6, 6.07) is 0.446. The van der Waals surface area contributed by atoms with Crippen LogP contribution in [-0.2, 0) is 11.2 Å². The highest BCUT2D eigenvalue weighted by Gasteiger charge is 2.34. The van der Waals surface area contributed by atoms with E-state index in [0.29, 0.717) is 6.04 Å². The number of thiazole rings is 1. The van der Waals surface area contributed by atoms with Crippen molar-refractivity contribution in [3.8, 4) is 0 Å². The fourth-order valence-electron chi connectivity index (χ4n) is 3.63. The van der Waals surface area contributed by atoms with E-state index in [4.69, 9.17) is 0 Å². The van der Waals surface area contributed by atoms with Crippen molar-refractivity contribution in [2.24, 2.45) is 5.41 Å². The van der Waals surface area contributed by atoms with E-state index in [-0.39, 0.29) is 5.41 Å². The zero-order valence-corrected chi connectivity index (χ0v) is 13.6. The summed E-state index contributed by atoms with van der Waals surface area (Å²) in [5, 5.41) is 13.9.